The molecule has 0 bridgehead atoms. The fraction of sp³-hybridized carbons (Fsp3) is 0.571. The Balaban J connectivity index is 2.67. The van der Waals surface area contributed by atoms with Crippen LogP contribution in [0.25, 0.3) is 0 Å². The standard InChI is InChI=1S/C14H23NO2/c1-5-6-11(2)15-10-12-9-13(16-3)7-8-14(12)17-4/h7-9,11,15H,5-6,10H2,1-4H3. The average Bonchev–Trinajstić information content (AvgIpc) is 2.36. The molecule has 0 fully saturated rings. The van der Waals surface area contributed by atoms with E-state index in [1.165, 1.54) is 12.8 Å². The fourth-order valence-electron chi connectivity index (χ4n) is 1.84. The maximum Gasteiger partial charge on any atom is 0.123 e. The lowest BCUT2D eigenvalue weighted by molar-refractivity contribution is 0.394. The van der Waals surface area contributed by atoms with Crippen molar-refractivity contribution in [2.75, 3.05) is 14.2 Å². The van der Waals surface area contributed by atoms with Crippen LogP contribution in [0, 0.1) is 0 Å². The van der Waals surface area contributed by atoms with Gasteiger partial charge in [-0.1, -0.05) is 13.3 Å². The largest absolute Gasteiger partial charge is 0.497 e. The Labute approximate surface area is 104 Å². The van der Waals surface area contributed by atoms with E-state index < -0.39 is 0 Å². The van der Waals surface area contributed by atoms with Crippen molar-refractivity contribution in [2.45, 2.75) is 39.3 Å². The van der Waals surface area contributed by atoms with Crippen LogP contribution in [0.5, 0.6) is 11.5 Å². The van der Waals surface area contributed by atoms with E-state index in [1.54, 1.807) is 14.2 Å². The van der Waals surface area contributed by atoms with Crippen molar-refractivity contribution in [1.29, 1.82) is 0 Å². The van der Waals surface area contributed by atoms with E-state index in [1.807, 2.05) is 18.2 Å². The van der Waals surface area contributed by atoms with Crippen LogP contribution in [0.1, 0.15) is 32.3 Å². The third-order valence-corrected chi connectivity index (χ3v) is 2.85. The van der Waals surface area contributed by atoms with Crippen LogP contribution in [0.15, 0.2) is 18.2 Å². The number of benzene rings is 1. The summed E-state index contributed by atoms with van der Waals surface area (Å²) in [5, 5.41) is 3.49. The lowest BCUT2D eigenvalue weighted by Gasteiger charge is -2.15. The molecule has 17 heavy (non-hydrogen) atoms. The first kappa shape index (κ1) is 13.8. The van der Waals surface area contributed by atoms with Gasteiger partial charge in [0.25, 0.3) is 0 Å². The normalized spacial score (nSPS) is 12.2. The molecule has 0 spiro atoms. The first-order valence-electron chi connectivity index (χ1n) is 6.15. The van der Waals surface area contributed by atoms with Crippen LogP contribution >= 0.6 is 0 Å². The summed E-state index contributed by atoms with van der Waals surface area (Å²) in [4.78, 5) is 0. The summed E-state index contributed by atoms with van der Waals surface area (Å²) in [5.74, 6) is 1.77. The van der Waals surface area contributed by atoms with Crippen molar-refractivity contribution in [3.63, 3.8) is 0 Å². The van der Waals surface area contributed by atoms with Gasteiger partial charge in [0.05, 0.1) is 14.2 Å². The van der Waals surface area contributed by atoms with Gasteiger partial charge >= 0.3 is 0 Å². The third kappa shape index (κ3) is 4.27. The second-order valence-corrected chi connectivity index (χ2v) is 4.25. The van der Waals surface area contributed by atoms with E-state index in [0.29, 0.717) is 6.04 Å². The molecule has 96 valence electrons. The van der Waals surface area contributed by atoms with Gasteiger partial charge in [-0.3, -0.25) is 0 Å². The first-order valence-corrected chi connectivity index (χ1v) is 6.15. The molecule has 0 aromatic heterocycles. The average molecular weight is 237 g/mol. The summed E-state index contributed by atoms with van der Waals surface area (Å²) >= 11 is 0. The van der Waals surface area contributed by atoms with Crippen molar-refractivity contribution in [1.82, 2.24) is 5.32 Å². The van der Waals surface area contributed by atoms with Crippen LogP contribution in [-0.4, -0.2) is 20.3 Å². The van der Waals surface area contributed by atoms with Gasteiger partial charge in [-0.05, 0) is 31.5 Å². The molecule has 3 heteroatoms. The van der Waals surface area contributed by atoms with E-state index in [4.69, 9.17) is 9.47 Å². The van der Waals surface area contributed by atoms with Crippen LogP contribution in [0.4, 0.5) is 0 Å². The summed E-state index contributed by atoms with van der Waals surface area (Å²) < 4.78 is 10.6. The second kappa shape index (κ2) is 7.17. The molecule has 0 aliphatic rings. The predicted molar refractivity (Wildman–Crippen MR) is 70.8 cm³/mol. The number of hydrogen-bond acceptors (Lipinski definition) is 3. The highest BCUT2D eigenvalue weighted by Crippen LogP contribution is 2.23. The lowest BCUT2D eigenvalue weighted by atomic mass is 10.1. The van der Waals surface area contributed by atoms with Crippen molar-refractivity contribution in [3.8, 4) is 11.5 Å². The van der Waals surface area contributed by atoms with Gasteiger partial charge in [-0.2, -0.15) is 0 Å². The van der Waals surface area contributed by atoms with Gasteiger partial charge in [0.15, 0.2) is 0 Å². The van der Waals surface area contributed by atoms with Crippen molar-refractivity contribution >= 4 is 0 Å². The Hall–Kier alpha value is -1.22. The summed E-state index contributed by atoms with van der Waals surface area (Å²) in [6, 6.07) is 6.40. The highest BCUT2D eigenvalue weighted by Gasteiger charge is 2.06. The monoisotopic (exact) mass is 237 g/mol. The summed E-state index contributed by atoms with van der Waals surface area (Å²) in [6.07, 6.45) is 2.38. The first-order chi connectivity index (χ1) is 8.21. The lowest BCUT2D eigenvalue weighted by Crippen LogP contribution is -2.25. The minimum absolute atomic E-state index is 0.524. The molecule has 0 aliphatic heterocycles. The molecule has 1 aromatic rings. The molecule has 0 heterocycles. The molecular weight excluding hydrogens is 214 g/mol. The van der Waals surface area contributed by atoms with Crippen LogP contribution < -0.4 is 14.8 Å². The molecule has 0 aliphatic carbocycles. The molecule has 1 rings (SSSR count). The molecule has 0 amide bonds. The van der Waals surface area contributed by atoms with Crippen molar-refractivity contribution < 1.29 is 9.47 Å². The van der Waals surface area contributed by atoms with E-state index >= 15 is 0 Å². The summed E-state index contributed by atoms with van der Waals surface area (Å²) in [7, 11) is 3.37. The van der Waals surface area contributed by atoms with Crippen molar-refractivity contribution in [2.24, 2.45) is 0 Å². The molecular formula is C14H23NO2. The maximum atomic E-state index is 5.34. The Morgan fingerprint density at radius 1 is 1.24 bits per heavy atom. The number of methoxy groups -OCH3 is 2. The van der Waals surface area contributed by atoms with Crippen LogP contribution in [0.3, 0.4) is 0 Å². The summed E-state index contributed by atoms with van der Waals surface area (Å²) in [5.41, 5.74) is 1.13. The molecule has 1 atom stereocenters. The van der Waals surface area contributed by atoms with E-state index in [9.17, 15) is 0 Å². The zero-order chi connectivity index (χ0) is 12.7. The van der Waals surface area contributed by atoms with E-state index in [-0.39, 0.29) is 0 Å². The number of ether oxygens (including phenoxy) is 2. The Morgan fingerprint density at radius 2 is 2.00 bits per heavy atom. The van der Waals surface area contributed by atoms with Crippen LogP contribution in [-0.2, 0) is 6.54 Å². The molecule has 0 saturated carbocycles. The zero-order valence-corrected chi connectivity index (χ0v) is 11.2. The highest BCUT2D eigenvalue weighted by atomic mass is 16.5. The van der Waals surface area contributed by atoms with E-state index in [0.717, 1.165) is 23.6 Å². The van der Waals surface area contributed by atoms with Gasteiger partial charge in [0, 0.05) is 18.2 Å². The molecule has 3 nitrogen and oxygen atoms in total. The number of nitrogens with one attached hydrogen (secondary N) is 1. The maximum absolute atomic E-state index is 5.34. The summed E-state index contributed by atoms with van der Waals surface area (Å²) in [6.45, 7) is 5.21. The number of hydrogen-bond donors (Lipinski definition) is 1. The SMILES string of the molecule is CCCC(C)NCc1cc(OC)ccc1OC. The Bertz CT molecular complexity index is 339. The zero-order valence-electron chi connectivity index (χ0n) is 11.2. The smallest absolute Gasteiger partial charge is 0.123 e. The number of rotatable bonds is 7. The third-order valence-electron chi connectivity index (χ3n) is 2.85. The van der Waals surface area contributed by atoms with Gasteiger partial charge in [-0.25, -0.2) is 0 Å². The topological polar surface area (TPSA) is 30.5 Å². The van der Waals surface area contributed by atoms with Gasteiger partial charge in [-0.15, -0.1) is 0 Å². The predicted octanol–water partition coefficient (Wildman–Crippen LogP) is 2.98. The van der Waals surface area contributed by atoms with Gasteiger partial charge in [0.1, 0.15) is 11.5 Å². The van der Waals surface area contributed by atoms with Gasteiger partial charge in [0.2, 0.25) is 0 Å². The highest BCUT2D eigenvalue weighted by molar-refractivity contribution is 5.40. The minimum Gasteiger partial charge on any atom is -0.497 e. The fourth-order valence-corrected chi connectivity index (χ4v) is 1.84. The quantitative estimate of drug-likeness (QED) is 0.791. The molecule has 1 unspecified atom stereocenters. The molecule has 0 saturated heterocycles. The molecule has 1 aromatic carbocycles. The minimum atomic E-state index is 0.524. The van der Waals surface area contributed by atoms with Crippen molar-refractivity contribution in [3.05, 3.63) is 23.8 Å². The molecule has 0 radical (unpaired) electrons. The Kier molecular flexibility index (Phi) is 5.84. The van der Waals surface area contributed by atoms with E-state index in [2.05, 4.69) is 19.2 Å². The van der Waals surface area contributed by atoms with Gasteiger partial charge < -0.3 is 14.8 Å². The Morgan fingerprint density at radius 3 is 2.59 bits per heavy atom. The molecule has 1 N–H and O–H groups in total. The van der Waals surface area contributed by atoms with Crippen LogP contribution in [0.2, 0.25) is 0 Å². The second-order valence-electron chi connectivity index (χ2n) is 4.25.